The predicted octanol–water partition coefficient (Wildman–Crippen LogP) is 3.43. The third kappa shape index (κ3) is 4.04. The molecule has 0 amide bonds. The van der Waals surface area contributed by atoms with Crippen molar-refractivity contribution in [2.45, 2.75) is 24.7 Å². The minimum Gasteiger partial charge on any atom is -0.497 e. The van der Waals surface area contributed by atoms with E-state index in [0.29, 0.717) is 29.7 Å². The van der Waals surface area contributed by atoms with Gasteiger partial charge in [-0.25, -0.2) is 12.8 Å². The Morgan fingerprint density at radius 1 is 1.11 bits per heavy atom. The van der Waals surface area contributed by atoms with Gasteiger partial charge < -0.3 is 4.74 Å². The van der Waals surface area contributed by atoms with Gasteiger partial charge in [-0.2, -0.15) is 4.31 Å². The number of hydrogen-bond acceptors (Lipinski definition) is 4. The fourth-order valence-corrected chi connectivity index (χ4v) is 5.06. The lowest BCUT2D eigenvalue weighted by Crippen LogP contribution is -2.40. The summed E-state index contributed by atoms with van der Waals surface area (Å²) in [5, 5.41) is 0. The van der Waals surface area contributed by atoms with E-state index in [2.05, 4.69) is 0 Å². The Morgan fingerprint density at radius 3 is 2.30 bits per heavy atom. The van der Waals surface area contributed by atoms with Crippen molar-refractivity contribution in [3.8, 4) is 5.75 Å². The standard InChI is InChI=1S/C20H22FNO4S/c1-14-13-18(26-2)7-8-19(14)27(24,25)22-11-9-16(10-12-22)20(23)15-3-5-17(21)6-4-15/h3-8,13,16H,9-12H2,1-2H3. The minimum atomic E-state index is -3.62. The van der Waals surface area contributed by atoms with Crippen molar-refractivity contribution in [2.24, 2.45) is 5.92 Å². The molecule has 1 fully saturated rings. The number of ether oxygens (including phenoxy) is 1. The molecule has 7 heteroatoms. The molecular formula is C20H22FNO4S. The smallest absolute Gasteiger partial charge is 0.243 e. The van der Waals surface area contributed by atoms with Gasteiger partial charge in [0.15, 0.2) is 5.78 Å². The van der Waals surface area contributed by atoms with Gasteiger partial charge in [-0.05, 0) is 67.8 Å². The second kappa shape index (κ2) is 7.78. The van der Waals surface area contributed by atoms with Crippen LogP contribution >= 0.6 is 0 Å². The zero-order valence-electron chi connectivity index (χ0n) is 15.3. The Bertz CT molecular complexity index is 933. The number of carbonyl (C=O) groups excluding carboxylic acids is 1. The molecule has 0 radical (unpaired) electrons. The SMILES string of the molecule is COc1ccc(S(=O)(=O)N2CCC(C(=O)c3ccc(F)cc3)CC2)c(C)c1. The summed E-state index contributed by atoms with van der Waals surface area (Å²) in [7, 11) is -2.09. The molecule has 0 aliphatic carbocycles. The van der Waals surface area contributed by atoms with E-state index in [1.54, 1.807) is 25.1 Å². The Labute approximate surface area is 158 Å². The van der Waals surface area contributed by atoms with E-state index in [4.69, 9.17) is 4.74 Å². The van der Waals surface area contributed by atoms with E-state index < -0.39 is 10.0 Å². The third-order valence-electron chi connectivity index (χ3n) is 4.95. The van der Waals surface area contributed by atoms with Crippen LogP contribution in [0.2, 0.25) is 0 Å². The van der Waals surface area contributed by atoms with E-state index in [1.165, 1.54) is 35.7 Å². The quantitative estimate of drug-likeness (QED) is 0.733. The lowest BCUT2D eigenvalue weighted by Gasteiger charge is -2.31. The number of methoxy groups -OCH3 is 1. The molecule has 2 aromatic rings. The topological polar surface area (TPSA) is 63.7 Å². The first-order chi connectivity index (χ1) is 12.8. The largest absolute Gasteiger partial charge is 0.497 e. The van der Waals surface area contributed by atoms with E-state index in [-0.39, 0.29) is 35.5 Å². The van der Waals surface area contributed by atoms with Gasteiger partial charge in [-0.3, -0.25) is 4.79 Å². The zero-order valence-corrected chi connectivity index (χ0v) is 16.1. The van der Waals surface area contributed by atoms with Crippen molar-refractivity contribution >= 4 is 15.8 Å². The number of piperidine rings is 1. The molecule has 0 saturated carbocycles. The number of rotatable bonds is 5. The average molecular weight is 391 g/mol. The van der Waals surface area contributed by atoms with Crippen molar-refractivity contribution in [3.63, 3.8) is 0 Å². The van der Waals surface area contributed by atoms with Crippen LogP contribution in [0.4, 0.5) is 4.39 Å². The van der Waals surface area contributed by atoms with Crippen LogP contribution in [0.1, 0.15) is 28.8 Å². The molecule has 0 unspecified atom stereocenters. The van der Waals surface area contributed by atoms with Gasteiger partial charge >= 0.3 is 0 Å². The first-order valence-electron chi connectivity index (χ1n) is 8.77. The van der Waals surface area contributed by atoms with Gasteiger partial charge in [0.25, 0.3) is 0 Å². The van der Waals surface area contributed by atoms with Gasteiger partial charge in [0.2, 0.25) is 10.0 Å². The number of ketones is 1. The summed E-state index contributed by atoms with van der Waals surface area (Å²) in [5.74, 6) is -0.0936. The molecule has 1 aliphatic rings. The van der Waals surface area contributed by atoms with E-state index in [9.17, 15) is 17.6 Å². The summed E-state index contributed by atoms with van der Waals surface area (Å²) in [6, 6.07) is 10.4. The van der Waals surface area contributed by atoms with E-state index in [1.807, 2.05) is 0 Å². The molecule has 0 N–H and O–H groups in total. The maximum atomic E-state index is 13.0. The molecule has 0 spiro atoms. The second-order valence-corrected chi connectivity index (χ2v) is 8.59. The Balaban J connectivity index is 1.71. The highest BCUT2D eigenvalue weighted by Gasteiger charge is 2.33. The van der Waals surface area contributed by atoms with Crippen LogP contribution < -0.4 is 4.74 Å². The van der Waals surface area contributed by atoms with Crippen molar-refractivity contribution in [1.29, 1.82) is 0 Å². The van der Waals surface area contributed by atoms with Gasteiger partial charge in [0, 0.05) is 24.6 Å². The van der Waals surface area contributed by atoms with Crippen molar-refractivity contribution in [2.75, 3.05) is 20.2 Å². The lowest BCUT2D eigenvalue weighted by atomic mass is 9.90. The first-order valence-corrected chi connectivity index (χ1v) is 10.2. The number of halogens is 1. The molecule has 0 aromatic heterocycles. The number of hydrogen-bond donors (Lipinski definition) is 0. The van der Waals surface area contributed by atoms with E-state index in [0.717, 1.165) is 0 Å². The van der Waals surface area contributed by atoms with Gasteiger partial charge in [0.1, 0.15) is 11.6 Å². The van der Waals surface area contributed by atoms with Crippen LogP contribution in [0.3, 0.4) is 0 Å². The molecule has 1 heterocycles. The molecular weight excluding hydrogens is 369 g/mol. The van der Waals surface area contributed by atoms with Crippen LogP contribution in [-0.4, -0.2) is 38.7 Å². The highest BCUT2D eigenvalue weighted by Crippen LogP contribution is 2.29. The summed E-state index contributed by atoms with van der Waals surface area (Å²) in [4.78, 5) is 12.8. The molecule has 1 aliphatic heterocycles. The summed E-state index contributed by atoms with van der Waals surface area (Å²) in [5.41, 5.74) is 1.09. The second-order valence-electron chi connectivity index (χ2n) is 6.68. The highest BCUT2D eigenvalue weighted by molar-refractivity contribution is 7.89. The fourth-order valence-electron chi connectivity index (χ4n) is 3.39. The molecule has 0 bridgehead atoms. The number of nitrogens with zero attached hydrogens (tertiary/aromatic N) is 1. The average Bonchev–Trinajstić information content (AvgIpc) is 2.67. The molecule has 0 atom stereocenters. The number of benzene rings is 2. The Hall–Kier alpha value is -2.25. The maximum absolute atomic E-state index is 13.0. The number of aryl methyl sites for hydroxylation is 1. The molecule has 1 saturated heterocycles. The lowest BCUT2D eigenvalue weighted by molar-refractivity contribution is 0.0875. The summed E-state index contributed by atoms with van der Waals surface area (Å²) in [6.07, 6.45) is 0.898. The number of sulfonamides is 1. The van der Waals surface area contributed by atoms with Crippen molar-refractivity contribution in [3.05, 3.63) is 59.4 Å². The molecule has 3 rings (SSSR count). The summed E-state index contributed by atoms with van der Waals surface area (Å²) in [6.45, 7) is 2.30. The van der Waals surface area contributed by atoms with Gasteiger partial charge in [-0.1, -0.05) is 0 Å². The monoisotopic (exact) mass is 391 g/mol. The van der Waals surface area contributed by atoms with Crippen molar-refractivity contribution < 1.29 is 22.3 Å². The minimum absolute atomic E-state index is 0.0623. The Kier molecular flexibility index (Phi) is 5.62. The highest BCUT2D eigenvalue weighted by atomic mass is 32.2. The number of Topliss-reactive ketones (excluding diaryl/α,β-unsaturated/α-hetero) is 1. The zero-order chi connectivity index (χ0) is 19.6. The Morgan fingerprint density at radius 2 is 1.74 bits per heavy atom. The van der Waals surface area contributed by atoms with Crippen LogP contribution in [0, 0.1) is 18.7 Å². The summed E-state index contributed by atoms with van der Waals surface area (Å²) >= 11 is 0. The van der Waals surface area contributed by atoms with Gasteiger partial charge in [-0.15, -0.1) is 0 Å². The fraction of sp³-hybridized carbons (Fsp3) is 0.350. The van der Waals surface area contributed by atoms with Crippen LogP contribution in [0.5, 0.6) is 5.75 Å². The summed E-state index contributed by atoms with van der Waals surface area (Å²) < 4.78 is 45.5. The number of carbonyl (C=O) groups is 1. The van der Waals surface area contributed by atoms with Crippen LogP contribution in [0.15, 0.2) is 47.4 Å². The molecule has 144 valence electrons. The molecule has 27 heavy (non-hydrogen) atoms. The maximum Gasteiger partial charge on any atom is 0.243 e. The van der Waals surface area contributed by atoms with Crippen LogP contribution in [-0.2, 0) is 10.0 Å². The normalized spacial score (nSPS) is 16.3. The van der Waals surface area contributed by atoms with Crippen LogP contribution in [0.25, 0.3) is 0 Å². The van der Waals surface area contributed by atoms with Crippen molar-refractivity contribution in [1.82, 2.24) is 4.31 Å². The predicted molar refractivity (Wildman–Crippen MR) is 99.9 cm³/mol. The van der Waals surface area contributed by atoms with E-state index >= 15 is 0 Å². The van der Waals surface area contributed by atoms with Gasteiger partial charge in [0.05, 0.1) is 12.0 Å². The molecule has 5 nitrogen and oxygen atoms in total. The molecule has 2 aromatic carbocycles. The third-order valence-corrected chi connectivity index (χ3v) is 7.01. The first kappa shape index (κ1) is 19.5.